The molecule has 29 heavy (non-hydrogen) atoms. The van der Waals surface area contributed by atoms with E-state index in [2.05, 4.69) is 5.32 Å². The van der Waals surface area contributed by atoms with E-state index in [1.54, 1.807) is 4.90 Å². The molecule has 154 valence electrons. The quantitative estimate of drug-likeness (QED) is 0.783. The number of sulfone groups is 1. The number of carbonyl (C=O) groups excluding carboxylic acids is 2. The minimum absolute atomic E-state index is 0.0236. The molecule has 2 aromatic rings. The third-order valence-corrected chi connectivity index (χ3v) is 7.54. The van der Waals surface area contributed by atoms with Crippen LogP contribution in [-0.2, 0) is 19.4 Å². The smallest absolute Gasteiger partial charge is 0.234 e. The van der Waals surface area contributed by atoms with Gasteiger partial charge in [0, 0.05) is 20.1 Å². The van der Waals surface area contributed by atoms with Crippen molar-refractivity contribution in [2.45, 2.75) is 24.0 Å². The fourth-order valence-electron chi connectivity index (χ4n) is 3.76. The van der Waals surface area contributed by atoms with Crippen molar-refractivity contribution in [3.63, 3.8) is 0 Å². The van der Waals surface area contributed by atoms with Gasteiger partial charge in [0.1, 0.15) is 5.75 Å². The van der Waals surface area contributed by atoms with Gasteiger partial charge in [0.05, 0.1) is 11.2 Å². The van der Waals surface area contributed by atoms with E-state index in [-0.39, 0.29) is 5.91 Å². The summed E-state index contributed by atoms with van der Waals surface area (Å²) in [5.74, 6) is -1.45. The summed E-state index contributed by atoms with van der Waals surface area (Å²) >= 11 is 0. The van der Waals surface area contributed by atoms with Gasteiger partial charge in [0.2, 0.25) is 11.8 Å². The Morgan fingerprint density at radius 1 is 0.966 bits per heavy atom. The van der Waals surface area contributed by atoms with Gasteiger partial charge in [-0.15, -0.1) is 0 Å². The lowest BCUT2D eigenvalue weighted by Gasteiger charge is -2.34. The average molecular weight is 415 g/mol. The second-order valence-corrected chi connectivity index (χ2v) is 9.54. The summed E-state index contributed by atoms with van der Waals surface area (Å²) < 4.78 is 24.9. The third kappa shape index (κ3) is 5.03. The fraction of sp³-hybridized carbons (Fsp3) is 0.364. The number of amides is 2. The summed E-state index contributed by atoms with van der Waals surface area (Å²) in [5.41, 5.74) is 1.83. The summed E-state index contributed by atoms with van der Waals surface area (Å²) in [5, 5.41) is 1.77. The number of hydrogen-bond donors (Lipinski definition) is 1. The Labute approximate surface area is 171 Å². The second-order valence-electron chi connectivity index (χ2n) is 7.26. The molecule has 0 spiro atoms. The topological polar surface area (TPSA) is 83.6 Å². The Kier molecular flexibility index (Phi) is 6.69. The molecule has 7 heteroatoms. The lowest BCUT2D eigenvalue weighted by Crippen LogP contribution is -2.45. The Bertz CT molecular complexity index is 898. The number of nitrogens with zero attached hydrogens (tertiary/aromatic N) is 1. The number of carbonyl (C=O) groups is 2. The molecule has 0 unspecified atom stereocenters. The van der Waals surface area contributed by atoms with E-state index in [0.29, 0.717) is 25.9 Å². The van der Waals surface area contributed by atoms with Crippen molar-refractivity contribution in [2.24, 2.45) is 0 Å². The minimum atomic E-state index is -3.52. The maximum atomic E-state index is 13.4. The molecule has 3 rings (SSSR count). The van der Waals surface area contributed by atoms with E-state index in [9.17, 15) is 18.0 Å². The fourth-order valence-corrected chi connectivity index (χ4v) is 5.43. The lowest BCUT2D eigenvalue weighted by molar-refractivity contribution is -0.132. The van der Waals surface area contributed by atoms with Gasteiger partial charge in [0.25, 0.3) is 0 Å². The van der Waals surface area contributed by atoms with Crippen molar-refractivity contribution in [3.8, 4) is 0 Å². The van der Waals surface area contributed by atoms with Crippen LogP contribution in [0.4, 0.5) is 0 Å². The first-order valence-corrected chi connectivity index (χ1v) is 11.4. The number of likely N-dealkylation sites (tertiary alicyclic amines) is 1. The molecule has 1 saturated heterocycles. The number of nitrogens with one attached hydrogen (secondary N) is 1. The first kappa shape index (κ1) is 21.0. The highest BCUT2D eigenvalue weighted by Crippen LogP contribution is 2.29. The molecule has 1 fully saturated rings. The normalized spacial score (nSPS) is 15.3. The molecule has 6 nitrogen and oxygen atoms in total. The number of benzene rings is 2. The van der Waals surface area contributed by atoms with E-state index in [1.165, 1.54) is 7.05 Å². The van der Waals surface area contributed by atoms with Crippen LogP contribution >= 0.6 is 0 Å². The van der Waals surface area contributed by atoms with E-state index in [0.717, 1.165) is 11.1 Å². The largest absolute Gasteiger partial charge is 0.358 e. The zero-order valence-electron chi connectivity index (χ0n) is 16.5. The van der Waals surface area contributed by atoms with Crippen LogP contribution in [0.1, 0.15) is 29.9 Å². The Hall–Kier alpha value is -2.67. The molecule has 0 saturated carbocycles. The predicted octanol–water partition coefficient (Wildman–Crippen LogP) is 1.97. The van der Waals surface area contributed by atoms with Crippen LogP contribution in [-0.4, -0.2) is 56.3 Å². The highest BCUT2D eigenvalue weighted by atomic mass is 32.2. The number of rotatable bonds is 6. The maximum absolute atomic E-state index is 13.4. The predicted molar refractivity (Wildman–Crippen MR) is 112 cm³/mol. The summed E-state index contributed by atoms with van der Waals surface area (Å²) in [6.45, 7) is 0.735. The highest BCUT2D eigenvalue weighted by Gasteiger charge is 2.35. The summed E-state index contributed by atoms with van der Waals surface area (Å²) in [7, 11) is -2.10. The SMILES string of the molecule is CNC(=O)CS(=O)(=O)C1CCN(C(=O)C(c2ccccc2)c2ccccc2)CC1. The van der Waals surface area contributed by atoms with Crippen molar-refractivity contribution in [3.05, 3.63) is 71.8 Å². The van der Waals surface area contributed by atoms with Gasteiger partial charge in [0.15, 0.2) is 9.84 Å². The van der Waals surface area contributed by atoms with Gasteiger partial charge in [-0.3, -0.25) is 9.59 Å². The molecule has 0 radical (unpaired) electrons. The van der Waals surface area contributed by atoms with Crippen LogP contribution in [0.25, 0.3) is 0 Å². The van der Waals surface area contributed by atoms with Crippen LogP contribution in [0.15, 0.2) is 60.7 Å². The molecule has 1 aliphatic rings. The Morgan fingerprint density at radius 2 is 1.45 bits per heavy atom. The lowest BCUT2D eigenvalue weighted by atomic mass is 9.89. The first-order valence-electron chi connectivity index (χ1n) is 9.73. The molecule has 0 aliphatic carbocycles. The van der Waals surface area contributed by atoms with Crippen LogP contribution in [0.2, 0.25) is 0 Å². The Balaban J connectivity index is 1.75. The molecule has 0 aromatic heterocycles. The summed E-state index contributed by atoms with van der Waals surface area (Å²) in [6.07, 6.45) is 0.697. The minimum Gasteiger partial charge on any atom is -0.358 e. The number of piperidine rings is 1. The highest BCUT2D eigenvalue weighted by molar-refractivity contribution is 7.92. The average Bonchev–Trinajstić information content (AvgIpc) is 2.75. The van der Waals surface area contributed by atoms with Crippen molar-refractivity contribution in [2.75, 3.05) is 25.9 Å². The Morgan fingerprint density at radius 3 is 1.90 bits per heavy atom. The molecular weight excluding hydrogens is 388 g/mol. The molecule has 2 aromatic carbocycles. The zero-order chi connectivity index (χ0) is 20.9. The van der Waals surface area contributed by atoms with Crippen LogP contribution in [0.5, 0.6) is 0 Å². The zero-order valence-corrected chi connectivity index (χ0v) is 17.3. The van der Waals surface area contributed by atoms with Crippen LogP contribution in [0.3, 0.4) is 0 Å². The third-order valence-electron chi connectivity index (χ3n) is 5.39. The van der Waals surface area contributed by atoms with Crippen molar-refractivity contribution >= 4 is 21.7 Å². The van der Waals surface area contributed by atoms with Crippen molar-refractivity contribution in [1.29, 1.82) is 0 Å². The van der Waals surface area contributed by atoms with Gasteiger partial charge in [-0.25, -0.2) is 8.42 Å². The van der Waals surface area contributed by atoms with E-state index < -0.39 is 32.7 Å². The second kappa shape index (κ2) is 9.22. The molecule has 2 amide bonds. The van der Waals surface area contributed by atoms with Crippen molar-refractivity contribution in [1.82, 2.24) is 10.2 Å². The molecule has 1 aliphatic heterocycles. The maximum Gasteiger partial charge on any atom is 0.234 e. The van der Waals surface area contributed by atoms with E-state index in [1.807, 2.05) is 60.7 Å². The molecule has 1 heterocycles. The van der Waals surface area contributed by atoms with E-state index in [4.69, 9.17) is 0 Å². The van der Waals surface area contributed by atoms with E-state index >= 15 is 0 Å². The molecular formula is C22H26N2O4S. The van der Waals surface area contributed by atoms with Gasteiger partial charge in [-0.05, 0) is 24.0 Å². The summed E-state index contributed by atoms with van der Waals surface area (Å²) in [6, 6.07) is 19.2. The van der Waals surface area contributed by atoms with Gasteiger partial charge in [-0.1, -0.05) is 60.7 Å². The van der Waals surface area contributed by atoms with Crippen LogP contribution < -0.4 is 5.32 Å². The first-order chi connectivity index (χ1) is 13.9. The monoisotopic (exact) mass is 414 g/mol. The van der Waals surface area contributed by atoms with Gasteiger partial charge < -0.3 is 10.2 Å². The molecule has 0 bridgehead atoms. The standard InChI is InChI=1S/C22H26N2O4S/c1-23-20(25)16-29(27,28)19-12-14-24(15-13-19)22(26)21(17-8-4-2-5-9-17)18-10-6-3-7-11-18/h2-11,19,21H,12-16H2,1H3,(H,23,25). The number of hydrogen-bond acceptors (Lipinski definition) is 4. The molecule has 0 atom stereocenters. The van der Waals surface area contributed by atoms with Gasteiger partial charge in [-0.2, -0.15) is 0 Å². The summed E-state index contributed by atoms with van der Waals surface area (Å²) in [4.78, 5) is 26.6. The van der Waals surface area contributed by atoms with Gasteiger partial charge >= 0.3 is 0 Å². The van der Waals surface area contributed by atoms with Crippen molar-refractivity contribution < 1.29 is 18.0 Å². The van der Waals surface area contributed by atoms with Crippen LogP contribution in [0, 0.1) is 0 Å². The molecule has 1 N–H and O–H groups in total.